The van der Waals surface area contributed by atoms with Crippen LogP contribution in [0.1, 0.15) is 11.1 Å². The fourth-order valence-corrected chi connectivity index (χ4v) is 3.45. The summed E-state index contributed by atoms with van der Waals surface area (Å²) in [6, 6.07) is 15.4. The molecule has 2 aromatic rings. The molecule has 0 bridgehead atoms. The van der Waals surface area contributed by atoms with E-state index >= 15 is 0 Å². The molecule has 0 radical (unpaired) electrons. The van der Waals surface area contributed by atoms with E-state index in [1.807, 2.05) is 62.4 Å². The minimum absolute atomic E-state index is 0.705. The average Bonchev–Trinajstić information content (AvgIpc) is 2.34. The van der Waals surface area contributed by atoms with Gasteiger partial charge in [0.25, 0.3) is 0 Å². The van der Waals surface area contributed by atoms with Crippen LogP contribution in [0.4, 0.5) is 0 Å². The van der Waals surface area contributed by atoms with Crippen molar-refractivity contribution in [1.82, 2.24) is 0 Å². The molecule has 0 saturated heterocycles. The van der Waals surface area contributed by atoms with Crippen molar-refractivity contribution in [3.05, 3.63) is 59.7 Å². The zero-order valence-corrected chi connectivity index (χ0v) is 13.5. The van der Waals surface area contributed by atoms with Gasteiger partial charge in [0.05, 0.1) is 24.5 Å². The van der Waals surface area contributed by atoms with Gasteiger partial charge in [-0.3, -0.25) is 9.05 Å². The number of aryl methyl sites for hydroxylation is 2. The molecule has 0 aliphatic carbocycles. The first kappa shape index (κ1) is 14.6. The second-order valence-electron chi connectivity index (χ2n) is 4.30. The molecule has 0 aromatic heterocycles. The highest BCUT2D eigenvalue weighted by Gasteiger charge is 2.37. The Morgan fingerprint density at radius 1 is 0.684 bits per heavy atom. The third-order valence-electron chi connectivity index (χ3n) is 2.49. The third-order valence-corrected chi connectivity index (χ3v) is 4.37. The van der Waals surface area contributed by atoms with Crippen molar-refractivity contribution in [2.24, 2.45) is 0 Å². The number of hydrogen-bond acceptors (Lipinski definition) is 4. The van der Waals surface area contributed by atoms with E-state index in [1.165, 1.54) is 11.1 Å². The van der Waals surface area contributed by atoms with Crippen molar-refractivity contribution in [2.75, 3.05) is 0 Å². The molecule has 5 heteroatoms. The highest BCUT2D eigenvalue weighted by Crippen LogP contribution is 2.68. The molecule has 0 aliphatic heterocycles. The van der Waals surface area contributed by atoms with E-state index in [9.17, 15) is 0 Å². The summed E-state index contributed by atoms with van der Waals surface area (Å²) in [4.78, 5) is 0. The van der Waals surface area contributed by atoms with E-state index in [4.69, 9.17) is 9.05 Å². The standard InChI is InChI=1S/C14H16O2PS2/c1-11-3-7-13(8-4-11)15-17(18,19)16-14-9-5-12(2)6-10-14/h3-10,18-19H,1-2H3/q+1. The zero-order valence-electron chi connectivity index (χ0n) is 10.8. The van der Waals surface area contributed by atoms with Gasteiger partial charge in [0, 0.05) is 0 Å². The lowest BCUT2D eigenvalue weighted by atomic mass is 10.2. The first-order chi connectivity index (χ1) is 8.94. The van der Waals surface area contributed by atoms with Gasteiger partial charge >= 0.3 is 6.12 Å². The zero-order chi connectivity index (χ0) is 13.9. The molecule has 0 heterocycles. The highest BCUT2D eigenvalue weighted by molar-refractivity contribution is 8.82. The minimum atomic E-state index is -2.53. The molecule has 19 heavy (non-hydrogen) atoms. The molecule has 0 aliphatic rings. The van der Waals surface area contributed by atoms with Crippen LogP contribution in [0.25, 0.3) is 0 Å². The molecule has 0 amide bonds. The Balaban J connectivity index is 2.05. The van der Waals surface area contributed by atoms with Gasteiger partial charge in [0.2, 0.25) is 0 Å². The normalized spacial score (nSPS) is 11.2. The minimum Gasteiger partial charge on any atom is -0.285 e. The summed E-state index contributed by atoms with van der Waals surface area (Å²) in [5, 5.41) is 0. The summed E-state index contributed by atoms with van der Waals surface area (Å²) in [6.07, 6.45) is -2.53. The molecule has 0 N–H and O–H groups in total. The smallest absolute Gasteiger partial charge is 0.285 e. The molecule has 0 fully saturated rings. The van der Waals surface area contributed by atoms with Crippen molar-refractivity contribution < 1.29 is 9.05 Å². The third kappa shape index (κ3) is 4.64. The SMILES string of the molecule is Cc1ccc(O[P+](S)(S)Oc2ccc(C)cc2)cc1. The Bertz CT molecular complexity index is 489. The largest absolute Gasteiger partial charge is 0.476 e. The van der Waals surface area contributed by atoms with E-state index in [1.54, 1.807) is 0 Å². The van der Waals surface area contributed by atoms with Crippen molar-refractivity contribution >= 4 is 30.6 Å². The summed E-state index contributed by atoms with van der Waals surface area (Å²) in [7, 11) is 0. The Kier molecular flexibility index (Phi) is 4.67. The van der Waals surface area contributed by atoms with Crippen LogP contribution in [0.5, 0.6) is 11.5 Å². The topological polar surface area (TPSA) is 18.5 Å². The van der Waals surface area contributed by atoms with Crippen LogP contribution >= 0.6 is 30.6 Å². The first-order valence-corrected chi connectivity index (χ1v) is 9.75. The van der Waals surface area contributed by atoms with Crippen molar-refractivity contribution in [1.29, 1.82) is 0 Å². The van der Waals surface area contributed by atoms with Gasteiger partial charge in [-0.1, -0.05) is 35.4 Å². The molecule has 2 aromatic carbocycles. The molecule has 0 atom stereocenters. The Morgan fingerprint density at radius 2 is 1.00 bits per heavy atom. The maximum Gasteiger partial charge on any atom is 0.476 e. The van der Waals surface area contributed by atoms with Gasteiger partial charge < -0.3 is 0 Å². The fourth-order valence-electron chi connectivity index (χ4n) is 1.49. The predicted molar refractivity (Wildman–Crippen MR) is 88.5 cm³/mol. The van der Waals surface area contributed by atoms with E-state index in [-0.39, 0.29) is 0 Å². The van der Waals surface area contributed by atoms with Crippen LogP contribution in [-0.4, -0.2) is 0 Å². The molecule has 2 rings (SSSR count). The van der Waals surface area contributed by atoms with Gasteiger partial charge in [-0.2, -0.15) is 0 Å². The van der Waals surface area contributed by atoms with Gasteiger partial charge in [-0.05, 0) is 38.1 Å². The molecule has 100 valence electrons. The lowest BCUT2D eigenvalue weighted by Crippen LogP contribution is -1.97. The lowest BCUT2D eigenvalue weighted by Gasteiger charge is -2.13. The van der Waals surface area contributed by atoms with E-state index in [2.05, 4.69) is 24.5 Å². The lowest BCUT2D eigenvalue weighted by molar-refractivity contribution is 0.504. The summed E-state index contributed by atoms with van der Waals surface area (Å²) in [5.74, 6) is 1.41. The number of hydrogen-bond donors (Lipinski definition) is 2. The maximum absolute atomic E-state index is 5.71. The molecular weight excluding hydrogens is 295 g/mol. The number of rotatable bonds is 4. The average molecular weight is 311 g/mol. The monoisotopic (exact) mass is 311 g/mol. The maximum atomic E-state index is 5.71. The number of benzene rings is 2. The van der Waals surface area contributed by atoms with Gasteiger partial charge in [0.1, 0.15) is 0 Å². The predicted octanol–water partition coefficient (Wildman–Crippen LogP) is 5.30. The molecule has 2 nitrogen and oxygen atoms in total. The van der Waals surface area contributed by atoms with Crippen LogP contribution in [-0.2, 0) is 0 Å². The van der Waals surface area contributed by atoms with Crippen LogP contribution in [0, 0.1) is 13.8 Å². The summed E-state index contributed by atoms with van der Waals surface area (Å²) < 4.78 is 11.4. The molecular formula is C14H16O2PS2+. The van der Waals surface area contributed by atoms with Crippen LogP contribution in [0.15, 0.2) is 48.5 Å². The van der Waals surface area contributed by atoms with Crippen molar-refractivity contribution in [2.45, 2.75) is 13.8 Å². The van der Waals surface area contributed by atoms with Gasteiger partial charge in [-0.25, -0.2) is 0 Å². The van der Waals surface area contributed by atoms with E-state index in [0.29, 0.717) is 11.5 Å². The quantitative estimate of drug-likeness (QED) is 0.590. The van der Waals surface area contributed by atoms with E-state index < -0.39 is 6.12 Å². The second-order valence-corrected chi connectivity index (χ2v) is 9.75. The fraction of sp³-hybridized carbons (Fsp3) is 0.143. The van der Waals surface area contributed by atoms with Crippen LogP contribution in [0.3, 0.4) is 0 Å². The molecule has 0 unspecified atom stereocenters. The van der Waals surface area contributed by atoms with Crippen LogP contribution in [0.2, 0.25) is 0 Å². The highest BCUT2D eigenvalue weighted by atomic mass is 33.1. The van der Waals surface area contributed by atoms with Crippen LogP contribution < -0.4 is 9.05 Å². The Hall–Kier alpha value is -0.830. The van der Waals surface area contributed by atoms with Gasteiger partial charge in [0.15, 0.2) is 11.5 Å². The first-order valence-electron chi connectivity index (χ1n) is 5.82. The Labute approximate surface area is 125 Å². The van der Waals surface area contributed by atoms with E-state index in [0.717, 1.165) is 0 Å². The van der Waals surface area contributed by atoms with Crippen molar-refractivity contribution in [3.8, 4) is 11.5 Å². The molecule has 0 saturated carbocycles. The Morgan fingerprint density at radius 3 is 1.32 bits per heavy atom. The van der Waals surface area contributed by atoms with Crippen molar-refractivity contribution in [3.63, 3.8) is 0 Å². The summed E-state index contributed by atoms with van der Waals surface area (Å²) in [6.45, 7) is 4.05. The van der Waals surface area contributed by atoms with Gasteiger partial charge in [-0.15, -0.1) is 0 Å². The number of thiol groups is 2. The second kappa shape index (κ2) is 6.08. The summed E-state index contributed by atoms with van der Waals surface area (Å²) in [5.41, 5.74) is 2.35. The molecule has 0 spiro atoms. The summed E-state index contributed by atoms with van der Waals surface area (Å²) >= 11 is 8.78.